The van der Waals surface area contributed by atoms with Crippen molar-refractivity contribution in [2.75, 3.05) is 51.3 Å². The summed E-state index contributed by atoms with van der Waals surface area (Å²) in [4.78, 5) is 30.4. The third-order valence-electron chi connectivity index (χ3n) is 5.91. The third kappa shape index (κ3) is 4.88. The Kier molecular flexibility index (Phi) is 6.42. The summed E-state index contributed by atoms with van der Waals surface area (Å²) >= 11 is 0. The Balaban J connectivity index is 1.27. The lowest BCUT2D eigenvalue weighted by atomic mass is 10.1. The van der Waals surface area contributed by atoms with Crippen molar-refractivity contribution in [1.29, 1.82) is 0 Å². The third-order valence-corrected chi connectivity index (χ3v) is 5.91. The highest BCUT2D eigenvalue weighted by atomic mass is 19.4. The molecule has 2 amide bonds. The number of hydrogen-bond donors (Lipinski definition) is 0. The highest BCUT2D eigenvalue weighted by Gasteiger charge is 2.35. The summed E-state index contributed by atoms with van der Waals surface area (Å²) < 4.78 is 44.0. The van der Waals surface area contributed by atoms with E-state index in [0.29, 0.717) is 55.3 Å². The molecule has 6 nitrogen and oxygen atoms in total. The summed E-state index contributed by atoms with van der Waals surface area (Å²) in [6.45, 7) is 3.46. The van der Waals surface area contributed by atoms with Crippen molar-refractivity contribution < 1.29 is 27.5 Å². The number of fused-ring (bicyclic) bond motifs is 1. The average molecular weight is 459 g/mol. The molecule has 0 aromatic heterocycles. The normalized spacial score (nSPS) is 17.2. The van der Waals surface area contributed by atoms with Crippen molar-refractivity contribution in [2.24, 2.45) is 0 Å². The lowest BCUT2D eigenvalue weighted by molar-refractivity contribution is -0.137. The second-order valence-corrected chi connectivity index (χ2v) is 7.94. The Bertz CT molecular complexity index is 1080. The van der Waals surface area contributed by atoms with Crippen LogP contribution in [0.4, 0.5) is 18.9 Å². The Morgan fingerprint density at radius 2 is 1.61 bits per heavy atom. The largest absolute Gasteiger partial charge is 0.497 e. The van der Waals surface area contributed by atoms with Crippen LogP contribution in [0.25, 0.3) is 0 Å². The van der Waals surface area contributed by atoms with E-state index >= 15 is 0 Å². The molecule has 0 atom stereocenters. The fourth-order valence-corrected chi connectivity index (χ4v) is 4.03. The summed E-state index contributed by atoms with van der Waals surface area (Å²) in [5.74, 6) is -0.137. The Morgan fingerprint density at radius 1 is 0.909 bits per heavy atom. The standard InChI is InChI=1S/C24H24F3N3O3/c1-33-19-7-8-20-21(16-19)23(32)30(22(20)31)10-3-2-9-28-11-13-29(14-12-28)18-6-4-5-17(15-18)24(25,26)27/h2-8,15-16H,9-14H2,1H3. The van der Waals surface area contributed by atoms with Gasteiger partial charge in [0.05, 0.1) is 23.8 Å². The first-order valence-corrected chi connectivity index (χ1v) is 10.6. The van der Waals surface area contributed by atoms with Crippen LogP contribution in [0.15, 0.2) is 54.6 Å². The zero-order valence-corrected chi connectivity index (χ0v) is 18.1. The minimum absolute atomic E-state index is 0.179. The summed E-state index contributed by atoms with van der Waals surface area (Å²) in [7, 11) is 1.50. The van der Waals surface area contributed by atoms with E-state index in [2.05, 4.69) is 4.90 Å². The van der Waals surface area contributed by atoms with Gasteiger partial charge in [0.15, 0.2) is 0 Å². The zero-order chi connectivity index (χ0) is 23.6. The van der Waals surface area contributed by atoms with Crippen molar-refractivity contribution in [3.05, 3.63) is 71.3 Å². The lowest BCUT2D eigenvalue weighted by Crippen LogP contribution is -2.46. The maximum Gasteiger partial charge on any atom is 0.416 e. The van der Waals surface area contributed by atoms with Gasteiger partial charge >= 0.3 is 6.18 Å². The SMILES string of the molecule is COc1ccc2c(c1)C(=O)N(CC=CCN1CCN(c3cccc(C(F)(F)F)c3)CC1)C2=O. The van der Waals surface area contributed by atoms with Crippen LogP contribution in [-0.2, 0) is 6.18 Å². The van der Waals surface area contributed by atoms with Gasteiger partial charge in [-0.1, -0.05) is 18.2 Å². The van der Waals surface area contributed by atoms with E-state index in [1.165, 1.54) is 24.1 Å². The number of nitrogens with zero attached hydrogens (tertiary/aromatic N) is 3. The molecule has 0 bridgehead atoms. The minimum atomic E-state index is -4.35. The molecule has 0 N–H and O–H groups in total. The fourth-order valence-electron chi connectivity index (χ4n) is 4.03. The number of hydrogen-bond acceptors (Lipinski definition) is 5. The van der Waals surface area contributed by atoms with Crippen LogP contribution < -0.4 is 9.64 Å². The molecule has 2 aliphatic rings. The molecular formula is C24H24F3N3O3. The van der Waals surface area contributed by atoms with E-state index in [-0.39, 0.29) is 18.4 Å². The van der Waals surface area contributed by atoms with Crippen molar-refractivity contribution >= 4 is 17.5 Å². The summed E-state index contributed by atoms with van der Waals surface area (Å²) in [5.41, 5.74) is 0.651. The molecule has 1 fully saturated rings. The number of benzene rings is 2. The summed E-state index contributed by atoms with van der Waals surface area (Å²) in [6.07, 6.45) is -0.656. The quantitative estimate of drug-likeness (QED) is 0.487. The number of alkyl halides is 3. The Labute approximate surface area is 189 Å². The first-order chi connectivity index (χ1) is 15.8. The second kappa shape index (κ2) is 9.27. The highest BCUT2D eigenvalue weighted by molar-refractivity contribution is 6.21. The first kappa shape index (κ1) is 22.8. The molecule has 0 aliphatic carbocycles. The molecule has 0 spiro atoms. The van der Waals surface area contributed by atoms with Crippen molar-refractivity contribution in [2.45, 2.75) is 6.18 Å². The van der Waals surface area contributed by atoms with Crippen LogP contribution in [0.2, 0.25) is 0 Å². The van der Waals surface area contributed by atoms with Gasteiger partial charge in [-0.05, 0) is 36.4 Å². The maximum atomic E-state index is 13.0. The van der Waals surface area contributed by atoms with E-state index in [1.807, 2.05) is 11.0 Å². The molecule has 1 saturated heterocycles. The number of carbonyl (C=O) groups excluding carboxylic acids is 2. The number of carbonyl (C=O) groups is 2. The molecule has 2 aliphatic heterocycles. The van der Waals surface area contributed by atoms with Gasteiger partial charge in [0.25, 0.3) is 11.8 Å². The maximum absolute atomic E-state index is 13.0. The number of anilines is 1. The molecule has 174 valence electrons. The van der Waals surface area contributed by atoms with Crippen molar-refractivity contribution in [3.8, 4) is 5.75 Å². The van der Waals surface area contributed by atoms with E-state index in [9.17, 15) is 22.8 Å². The Morgan fingerprint density at radius 3 is 2.30 bits per heavy atom. The Hall–Kier alpha value is -3.33. The number of methoxy groups -OCH3 is 1. The molecule has 2 aromatic rings. The van der Waals surface area contributed by atoms with Crippen LogP contribution in [0.1, 0.15) is 26.3 Å². The topological polar surface area (TPSA) is 53.1 Å². The summed E-state index contributed by atoms with van der Waals surface area (Å²) in [6, 6.07) is 10.2. The number of amides is 2. The molecule has 0 unspecified atom stereocenters. The van der Waals surface area contributed by atoms with Crippen LogP contribution in [-0.4, -0.2) is 68.0 Å². The lowest BCUT2D eigenvalue weighted by Gasteiger charge is -2.35. The van der Waals surface area contributed by atoms with E-state index < -0.39 is 11.7 Å². The highest BCUT2D eigenvalue weighted by Crippen LogP contribution is 2.32. The van der Waals surface area contributed by atoms with Gasteiger partial charge < -0.3 is 9.64 Å². The van der Waals surface area contributed by atoms with Crippen molar-refractivity contribution in [1.82, 2.24) is 9.80 Å². The second-order valence-electron chi connectivity index (χ2n) is 7.94. The predicted octanol–water partition coefficient (Wildman–Crippen LogP) is 3.69. The van der Waals surface area contributed by atoms with Crippen LogP contribution >= 0.6 is 0 Å². The van der Waals surface area contributed by atoms with Gasteiger partial charge in [0.1, 0.15) is 5.75 Å². The number of piperazine rings is 1. The first-order valence-electron chi connectivity index (χ1n) is 10.6. The van der Waals surface area contributed by atoms with Gasteiger partial charge in [-0.2, -0.15) is 13.2 Å². The number of imide groups is 1. The number of ether oxygens (including phenoxy) is 1. The van der Waals surface area contributed by atoms with Crippen LogP contribution in [0.5, 0.6) is 5.75 Å². The van der Waals surface area contributed by atoms with Gasteiger partial charge in [0.2, 0.25) is 0 Å². The molecule has 2 aromatic carbocycles. The molecule has 9 heteroatoms. The summed E-state index contributed by atoms with van der Waals surface area (Å²) in [5, 5.41) is 0. The van der Waals surface area contributed by atoms with E-state index in [4.69, 9.17) is 4.74 Å². The number of halogens is 3. The monoisotopic (exact) mass is 459 g/mol. The van der Waals surface area contributed by atoms with Crippen LogP contribution in [0, 0.1) is 0 Å². The molecule has 4 rings (SSSR count). The molecular weight excluding hydrogens is 435 g/mol. The van der Waals surface area contributed by atoms with Gasteiger partial charge in [-0.25, -0.2) is 0 Å². The van der Waals surface area contributed by atoms with Gasteiger partial charge in [-0.3, -0.25) is 19.4 Å². The van der Waals surface area contributed by atoms with Gasteiger partial charge in [-0.15, -0.1) is 0 Å². The molecule has 2 heterocycles. The van der Waals surface area contributed by atoms with E-state index in [0.717, 1.165) is 6.07 Å². The zero-order valence-electron chi connectivity index (χ0n) is 18.1. The van der Waals surface area contributed by atoms with Crippen molar-refractivity contribution in [3.63, 3.8) is 0 Å². The van der Waals surface area contributed by atoms with E-state index in [1.54, 1.807) is 30.3 Å². The molecule has 33 heavy (non-hydrogen) atoms. The van der Waals surface area contributed by atoms with Gasteiger partial charge in [0, 0.05) is 45.0 Å². The number of rotatable bonds is 6. The molecule has 0 radical (unpaired) electrons. The minimum Gasteiger partial charge on any atom is -0.497 e. The van der Waals surface area contributed by atoms with Crippen LogP contribution in [0.3, 0.4) is 0 Å². The smallest absolute Gasteiger partial charge is 0.416 e. The predicted molar refractivity (Wildman–Crippen MR) is 118 cm³/mol. The average Bonchev–Trinajstić information content (AvgIpc) is 3.05. The fraction of sp³-hybridized carbons (Fsp3) is 0.333. The molecule has 0 saturated carbocycles.